The minimum absolute atomic E-state index is 0.0281. The van der Waals surface area contributed by atoms with Crippen molar-refractivity contribution in [3.05, 3.63) is 71.8 Å². The summed E-state index contributed by atoms with van der Waals surface area (Å²) in [6.45, 7) is -0.196. The molecule has 0 spiro atoms. The molecule has 2 rings (SSSR count). The van der Waals surface area contributed by atoms with Crippen molar-refractivity contribution >= 4 is 24.1 Å². The number of aliphatic hydroxyl groups is 1. The van der Waals surface area contributed by atoms with Crippen molar-refractivity contribution in [3.8, 4) is 0 Å². The summed E-state index contributed by atoms with van der Waals surface area (Å²) in [5.74, 6) is -1.85. The van der Waals surface area contributed by atoms with Crippen LogP contribution in [0.3, 0.4) is 0 Å². The van der Waals surface area contributed by atoms with E-state index in [0.29, 0.717) is 0 Å². The minimum Gasteiger partial charge on any atom is -0.479 e. The summed E-state index contributed by atoms with van der Waals surface area (Å²) in [6.07, 6.45) is -3.54. The van der Waals surface area contributed by atoms with Crippen molar-refractivity contribution < 1.29 is 34.1 Å². The predicted octanol–water partition coefficient (Wildman–Crippen LogP) is 2.50. The normalized spacial score (nSPS) is 12.0. The standard InChI is InChI=1S/C22H25N3O7/c23-20(24-21(29)31-14-16-8-3-1-4-9-16)25(13-7-12-18(26)19(27)28)22(30)32-15-17-10-5-2-6-11-17/h1-6,8-11,18,26H,7,12-15H2,(H,27,28)(H2,23,24,29)/t18-/m0/s1. The van der Waals surface area contributed by atoms with E-state index >= 15 is 0 Å². The molecule has 0 radical (unpaired) electrons. The molecule has 0 aliphatic heterocycles. The van der Waals surface area contributed by atoms with Gasteiger partial charge >= 0.3 is 18.2 Å². The topological polar surface area (TPSA) is 152 Å². The molecule has 0 heterocycles. The van der Waals surface area contributed by atoms with Crippen LogP contribution in [0, 0.1) is 0 Å². The molecule has 2 aromatic carbocycles. The molecule has 10 nitrogen and oxygen atoms in total. The molecule has 0 bridgehead atoms. The van der Waals surface area contributed by atoms with Crippen LogP contribution in [-0.2, 0) is 27.5 Å². The van der Waals surface area contributed by atoms with Crippen LogP contribution in [0.4, 0.5) is 9.59 Å². The SMILES string of the molecule is NC(=NC(=O)OCc1ccccc1)N(CCC[C@H](O)C(=O)O)C(=O)OCc1ccccc1. The molecule has 0 unspecified atom stereocenters. The number of aliphatic hydroxyl groups excluding tert-OH is 1. The number of carbonyl (C=O) groups is 3. The van der Waals surface area contributed by atoms with Crippen molar-refractivity contribution in [2.24, 2.45) is 10.7 Å². The van der Waals surface area contributed by atoms with Crippen LogP contribution in [0.25, 0.3) is 0 Å². The van der Waals surface area contributed by atoms with Crippen LogP contribution in [0.15, 0.2) is 65.7 Å². The Morgan fingerprint density at radius 2 is 1.47 bits per heavy atom. The van der Waals surface area contributed by atoms with Gasteiger partial charge in [-0.15, -0.1) is 4.99 Å². The summed E-state index contributed by atoms with van der Waals surface area (Å²) in [5, 5.41) is 18.2. The molecular weight excluding hydrogens is 418 g/mol. The number of guanidine groups is 1. The van der Waals surface area contributed by atoms with E-state index in [4.69, 9.17) is 20.3 Å². The maximum Gasteiger partial charge on any atom is 0.437 e. The number of nitrogens with two attached hydrogens (primary N) is 1. The van der Waals surface area contributed by atoms with Crippen molar-refractivity contribution in [3.63, 3.8) is 0 Å². The maximum absolute atomic E-state index is 12.5. The third kappa shape index (κ3) is 8.44. The fraction of sp³-hybridized carbons (Fsp3) is 0.273. The van der Waals surface area contributed by atoms with Crippen LogP contribution >= 0.6 is 0 Å². The van der Waals surface area contributed by atoms with Gasteiger partial charge in [-0.05, 0) is 24.0 Å². The summed E-state index contributed by atoms with van der Waals surface area (Å²) in [6, 6.07) is 17.8. The monoisotopic (exact) mass is 443 g/mol. The van der Waals surface area contributed by atoms with Crippen LogP contribution in [0.1, 0.15) is 24.0 Å². The van der Waals surface area contributed by atoms with Gasteiger partial charge in [0, 0.05) is 6.54 Å². The summed E-state index contributed by atoms with van der Waals surface area (Å²) in [5.41, 5.74) is 7.31. The Kier molecular flexibility index (Phi) is 9.67. The van der Waals surface area contributed by atoms with E-state index in [2.05, 4.69) is 4.99 Å². The molecule has 0 saturated carbocycles. The Morgan fingerprint density at radius 1 is 0.938 bits per heavy atom. The summed E-state index contributed by atoms with van der Waals surface area (Å²) >= 11 is 0. The molecule has 4 N–H and O–H groups in total. The number of carboxylic acid groups (broad SMARTS) is 1. The first-order valence-corrected chi connectivity index (χ1v) is 9.80. The van der Waals surface area contributed by atoms with Gasteiger partial charge in [0.25, 0.3) is 0 Å². The summed E-state index contributed by atoms with van der Waals surface area (Å²) < 4.78 is 10.3. The van der Waals surface area contributed by atoms with Crippen LogP contribution < -0.4 is 5.73 Å². The number of aliphatic imine (C=N–C) groups is 1. The number of rotatable bonds is 9. The van der Waals surface area contributed by atoms with E-state index in [1.54, 1.807) is 48.5 Å². The van der Waals surface area contributed by atoms with Crippen molar-refractivity contribution in [1.82, 2.24) is 4.90 Å². The molecule has 0 aliphatic rings. The number of aliphatic carboxylic acids is 1. The average molecular weight is 443 g/mol. The van der Waals surface area contributed by atoms with Gasteiger partial charge in [-0.2, -0.15) is 0 Å². The van der Waals surface area contributed by atoms with Crippen molar-refractivity contribution in [2.75, 3.05) is 6.54 Å². The Labute approximate surface area is 184 Å². The van der Waals surface area contributed by atoms with Crippen molar-refractivity contribution in [1.29, 1.82) is 0 Å². The fourth-order valence-corrected chi connectivity index (χ4v) is 2.57. The third-order valence-electron chi connectivity index (χ3n) is 4.26. The molecule has 0 aliphatic carbocycles. The molecule has 2 aromatic rings. The lowest BCUT2D eigenvalue weighted by atomic mass is 10.2. The number of hydrogen-bond acceptors (Lipinski definition) is 6. The Hall–Kier alpha value is -3.92. The number of carbonyl (C=O) groups excluding carboxylic acids is 2. The van der Waals surface area contributed by atoms with Gasteiger partial charge in [0.05, 0.1) is 0 Å². The number of carboxylic acids is 1. The van der Waals surface area contributed by atoms with Crippen LogP contribution in [0.5, 0.6) is 0 Å². The zero-order valence-electron chi connectivity index (χ0n) is 17.3. The van der Waals surface area contributed by atoms with Crippen LogP contribution in [0.2, 0.25) is 0 Å². The highest BCUT2D eigenvalue weighted by atomic mass is 16.6. The zero-order chi connectivity index (χ0) is 23.3. The van der Waals surface area contributed by atoms with Gasteiger partial charge in [0.2, 0.25) is 5.96 Å². The fourth-order valence-electron chi connectivity index (χ4n) is 2.57. The lowest BCUT2D eigenvalue weighted by Gasteiger charge is -2.21. The predicted molar refractivity (Wildman–Crippen MR) is 114 cm³/mol. The molecule has 2 amide bonds. The quantitative estimate of drug-likeness (QED) is 0.395. The van der Waals surface area contributed by atoms with Gasteiger partial charge in [0.15, 0.2) is 6.10 Å². The Morgan fingerprint density at radius 3 is 2.00 bits per heavy atom. The van der Waals surface area contributed by atoms with Gasteiger partial charge in [0.1, 0.15) is 13.2 Å². The number of ether oxygens (including phenoxy) is 2. The largest absolute Gasteiger partial charge is 0.479 e. The highest BCUT2D eigenvalue weighted by molar-refractivity contribution is 5.97. The average Bonchev–Trinajstić information content (AvgIpc) is 2.80. The Bertz CT molecular complexity index is 920. The van der Waals surface area contributed by atoms with Gasteiger partial charge in [-0.3, -0.25) is 0 Å². The number of benzene rings is 2. The van der Waals surface area contributed by atoms with E-state index in [-0.39, 0.29) is 32.6 Å². The lowest BCUT2D eigenvalue weighted by Crippen LogP contribution is -2.43. The van der Waals surface area contributed by atoms with Gasteiger partial charge in [-0.25, -0.2) is 19.3 Å². The first-order chi connectivity index (χ1) is 15.4. The molecule has 32 heavy (non-hydrogen) atoms. The van der Waals surface area contributed by atoms with E-state index < -0.39 is 30.2 Å². The smallest absolute Gasteiger partial charge is 0.437 e. The second-order valence-corrected chi connectivity index (χ2v) is 6.70. The lowest BCUT2D eigenvalue weighted by molar-refractivity contribution is -0.146. The number of nitrogens with zero attached hydrogens (tertiary/aromatic N) is 2. The first-order valence-electron chi connectivity index (χ1n) is 9.80. The molecule has 0 fully saturated rings. The molecule has 0 saturated heterocycles. The third-order valence-corrected chi connectivity index (χ3v) is 4.26. The molecule has 170 valence electrons. The number of amides is 2. The molecule has 0 aromatic heterocycles. The van der Waals surface area contributed by atoms with E-state index in [9.17, 15) is 19.5 Å². The van der Waals surface area contributed by atoms with Gasteiger partial charge in [-0.1, -0.05) is 60.7 Å². The summed E-state index contributed by atoms with van der Waals surface area (Å²) in [4.78, 5) is 39.8. The summed E-state index contributed by atoms with van der Waals surface area (Å²) in [7, 11) is 0. The minimum atomic E-state index is -1.59. The highest BCUT2D eigenvalue weighted by Crippen LogP contribution is 2.07. The maximum atomic E-state index is 12.5. The van der Waals surface area contributed by atoms with Crippen molar-refractivity contribution in [2.45, 2.75) is 32.2 Å². The van der Waals surface area contributed by atoms with E-state index in [1.165, 1.54) is 0 Å². The molecular formula is C22H25N3O7. The number of hydrogen-bond donors (Lipinski definition) is 3. The van der Waals surface area contributed by atoms with E-state index in [0.717, 1.165) is 16.0 Å². The second-order valence-electron chi connectivity index (χ2n) is 6.70. The first kappa shape index (κ1) is 24.4. The molecule has 1 atom stereocenters. The van der Waals surface area contributed by atoms with Gasteiger partial charge < -0.3 is 25.4 Å². The van der Waals surface area contributed by atoms with E-state index in [1.807, 2.05) is 12.1 Å². The highest BCUT2D eigenvalue weighted by Gasteiger charge is 2.22. The Balaban J connectivity index is 2.01. The zero-order valence-corrected chi connectivity index (χ0v) is 17.3. The molecule has 10 heteroatoms. The second kappa shape index (κ2) is 12.7. The van der Waals surface area contributed by atoms with Crippen LogP contribution in [-0.4, -0.2) is 51.9 Å².